The number of ether oxygens (including phenoxy) is 4. The first-order valence-electron chi connectivity index (χ1n) is 16.3. The van der Waals surface area contributed by atoms with E-state index in [0.717, 1.165) is 28.2 Å². The number of amides is 1. The van der Waals surface area contributed by atoms with Crippen molar-refractivity contribution in [3.05, 3.63) is 95.6 Å². The molecule has 0 aliphatic heterocycles. The van der Waals surface area contributed by atoms with Gasteiger partial charge in [-0.15, -0.1) is 0 Å². The van der Waals surface area contributed by atoms with E-state index in [1.54, 1.807) is 14.2 Å². The van der Waals surface area contributed by atoms with Crippen molar-refractivity contribution in [2.45, 2.75) is 63.9 Å². The molecule has 48 heavy (non-hydrogen) atoms. The molecule has 0 saturated carbocycles. The standard InChI is InChI=1S/C37H50N3O7P/c1-28(2)40(29(3)4,47-25-10-22-38)48-35(26-45-24-11-23-39-36(41)42)27-46-37(30-12-8-7-9-13-30,31-14-18-33(43-5)19-15-31)32-16-20-34(44-6)21-17-32/h7-9,12-21,28-29,35,39,48H,10-11,23-27H2,1-6H3/p+1. The van der Waals surface area contributed by atoms with Crippen molar-refractivity contribution in [3.63, 3.8) is 0 Å². The molecule has 0 aliphatic rings. The summed E-state index contributed by atoms with van der Waals surface area (Å²) >= 11 is 0. The van der Waals surface area contributed by atoms with Crippen molar-refractivity contribution in [2.24, 2.45) is 0 Å². The number of nitrogens with zero attached hydrogens (tertiary/aromatic N) is 2. The van der Waals surface area contributed by atoms with E-state index in [1.807, 2.05) is 66.7 Å². The van der Waals surface area contributed by atoms with Gasteiger partial charge in [0.2, 0.25) is 0 Å². The Morgan fingerprint density at radius 2 is 1.40 bits per heavy atom. The second-order valence-electron chi connectivity index (χ2n) is 11.9. The normalized spacial score (nSPS) is 12.7. The molecule has 3 rings (SSSR count). The third kappa shape index (κ3) is 10.1. The zero-order valence-corrected chi connectivity index (χ0v) is 30.0. The van der Waals surface area contributed by atoms with E-state index >= 15 is 0 Å². The number of nitrogens with one attached hydrogen (secondary N) is 1. The molecule has 0 bridgehead atoms. The molecule has 2 N–H and O–H groups in total. The van der Waals surface area contributed by atoms with Gasteiger partial charge >= 0.3 is 6.09 Å². The minimum atomic E-state index is -1.05. The lowest BCUT2D eigenvalue weighted by Gasteiger charge is -2.44. The van der Waals surface area contributed by atoms with Crippen LogP contribution in [0.3, 0.4) is 0 Å². The zero-order chi connectivity index (χ0) is 35.0. The van der Waals surface area contributed by atoms with Crippen molar-refractivity contribution in [2.75, 3.05) is 47.2 Å². The van der Waals surface area contributed by atoms with Gasteiger partial charge in [-0.3, -0.25) is 0 Å². The van der Waals surface area contributed by atoms with Crippen LogP contribution in [0, 0.1) is 11.3 Å². The molecule has 0 heterocycles. The van der Waals surface area contributed by atoms with E-state index < -0.39 is 11.7 Å². The molecular weight excluding hydrogens is 629 g/mol. The first-order valence-corrected chi connectivity index (χ1v) is 17.4. The second kappa shape index (κ2) is 19.3. The molecule has 260 valence electrons. The van der Waals surface area contributed by atoms with E-state index in [9.17, 15) is 10.1 Å². The summed E-state index contributed by atoms with van der Waals surface area (Å²) in [4.78, 5) is 17.5. The summed E-state index contributed by atoms with van der Waals surface area (Å²) in [6.07, 6.45) is -0.214. The van der Waals surface area contributed by atoms with Gasteiger partial charge in [0.15, 0.2) is 0 Å². The number of methoxy groups -OCH3 is 2. The van der Waals surface area contributed by atoms with E-state index in [4.69, 9.17) is 28.9 Å². The van der Waals surface area contributed by atoms with Crippen LogP contribution in [-0.2, 0) is 19.9 Å². The van der Waals surface area contributed by atoms with Crippen LogP contribution in [0.25, 0.3) is 0 Å². The van der Waals surface area contributed by atoms with Crippen molar-refractivity contribution < 1.29 is 38.1 Å². The topological polar surface area (TPSA) is 119 Å². The Morgan fingerprint density at radius 3 is 1.88 bits per heavy atom. The number of nitriles is 1. The lowest BCUT2D eigenvalue weighted by atomic mass is 9.80. The van der Waals surface area contributed by atoms with Crippen LogP contribution in [0.1, 0.15) is 57.2 Å². The van der Waals surface area contributed by atoms with Gasteiger partial charge in [-0.1, -0.05) is 54.6 Å². The summed E-state index contributed by atoms with van der Waals surface area (Å²) < 4.78 is 24.8. The number of rotatable bonds is 21. The highest BCUT2D eigenvalue weighted by Crippen LogP contribution is 2.45. The van der Waals surface area contributed by atoms with E-state index in [2.05, 4.69) is 51.2 Å². The fourth-order valence-electron chi connectivity index (χ4n) is 5.78. The van der Waals surface area contributed by atoms with Crippen molar-refractivity contribution in [1.29, 1.82) is 5.26 Å². The average Bonchev–Trinajstić information content (AvgIpc) is 3.09. The molecule has 2 unspecified atom stereocenters. The van der Waals surface area contributed by atoms with Crippen LogP contribution in [0.5, 0.6) is 11.5 Å². The molecule has 0 aliphatic carbocycles. The number of hydroxylamine groups is 2. The molecule has 3 aromatic carbocycles. The Balaban J connectivity index is 2.09. The monoisotopic (exact) mass is 680 g/mol. The van der Waals surface area contributed by atoms with E-state index in [1.165, 1.54) is 0 Å². The molecule has 0 spiro atoms. The number of hydrogen-bond donors (Lipinski definition) is 2. The number of hydrogen-bond acceptors (Lipinski definition) is 7. The van der Waals surface area contributed by atoms with Gasteiger partial charge in [-0.05, 0) is 75.1 Å². The largest absolute Gasteiger partial charge is 0.497 e. The fourth-order valence-corrected chi connectivity index (χ4v) is 7.46. The lowest BCUT2D eigenvalue weighted by Crippen LogP contribution is -2.53. The minimum absolute atomic E-state index is 0.103. The summed E-state index contributed by atoms with van der Waals surface area (Å²) in [7, 11) is 3.52. The molecule has 10 nitrogen and oxygen atoms in total. The molecule has 0 aromatic heterocycles. The van der Waals surface area contributed by atoms with E-state index in [-0.39, 0.29) is 26.5 Å². The molecule has 2 atom stereocenters. The van der Waals surface area contributed by atoms with Crippen molar-refractivity contribution in [1.82, 2.24) is 5.32 Å². The third-order valence-corrected chi connectivity index (χ3v) is 10.4. The second-order valence-corrected chi connectivity index (χ2v) is 13.7. The predicted octanol–water partition coefficient (Wildman–Crippen LogP) is 7.13. The summed E-state index contributed by atoms with van der Waals surface area (Å²) in [5, 5.41) is 20.6. The summed E-state index contributed by atoms with van der Waals surface area (Å²) in [5.74, 6) is 1.48. The number of quaternary nitrogens is 1. The maximum Gasteiger partial charge on any atom is 0.404 e. The van der Waals surface area contributed by atoms with Crippen LogP contribution in [0.15, 0.2) is 78.9 Å². The van der Waals surface area contributed by atoms with Gasteiger partial charge in [0.05, 0.1) is 45.6 Å². The Kier molecular flexibility index (Phi) is 15.6. The average molecular weight is 681 g/mol. The van der Waals surface area contributed by atoms with Gasteiger partial charge in [0.25, 0.3) is 0 Å². The van der Waals surface area contributed by atoms with Gasteiger partial charge < -0.3 is 29.4 Å². The Hall–Kier alpha value is -3.71. The van der Waals surface area contributed by atoms with Crippen LogP contribution < -0.4 is 14.8 Å². The summed E-state index contributed by atoms with van der Waals surface area (Å²) in [6, 6.07) is 28.5. The summed E-state index contributed by atoms with van der Waals surface area (Å²) in [5.41, 5.74) is 1.72. The molecule has 11 heteroatoms. The number of carbonyl (C=O) groups is 1. The Morgan fingerprint density at radius 1 is 0.854 bits per heavy atom. The molecule has 0 radical (unpaired) electrons. The highest BCUT2D eigenvalue weighted by Gasteiger charge is 2.43. The quantitative estimate of drug-likeness (QED) is 0.0528. The third-order valence-electron chi connectivity index (χ3n) is 8.17. The van der Waals surface area contributed by atoms with Crippen LogP contribution in [0.2, 0.25) is 0 Å². The van der Waals surface area contributed by atoms with Crippen LogP contribution in [-0.4, -0.2) is 80.6 Å². The Bertz CT molecular complexity index is 1360. The van der Waals surface area contributed by atoms with Crippen LogP contribution >= 0.6 is 8.73 Å². The molecule has 0 fully saturated rings. The lowest BCUT2D eigenvalue weighted by molar-refractivity contribution is -1.04. The van der Waals surface area contributed by atoms with E-state index in [0.29, 0.717) is 50.2 Å². The minimum Gasteiger partial charge on any atom is -0.497 e. The maximum atomic E-state index is 10.9. The maximum absolute atomic E-state index is 10.9. The number of benzene rings is 3. The van der Waals surface area contributed by atoms with Gasteiger partial charge in [-0.2, -0.15) is 9.68 Å². The SMILES string of the molecule is COc1ccc(C(OCC(COCCCNC(=O)O)P[N+](OCCC#N)(C(C)C)C(C)C)(c2ccccc2)c2ccc(OC)cc2)cc1. The smallest absolute Gasteiger partial charge is 0.404 e. The molecule has 0 saturated heterocycles. The van der Waals surface area contributed by atoms with Gasteiger partial charge in [-0.25, -0.2) is 9.63 Å². The zero-order valence-electron chi connectivity index (χ0n) is 29.0. The number of carboxylic acid groups (broad SMARTS) is 1. The Labute approximate surface area is 287 Å². The van der Waals surface area contributed by atoms with Gasteiger partial charge in [0.1, 0.15) is 44.5 Å². The summed E-state index contributed by atoms with van der Waals surface area (Å²) in [6.45, 7) is 10.3. The van der Waals surface area contributed by atoms with Crippen LogP contribution in [0.4, 0.5) is 4.79 Å². The fraction of sp³-hybridized carbons (Fsp3) is 0.459. The molecule has 1 amide bonds. The molecular formula is C37H51N3O7P+. The first-order chi connectivity index (χ1) is 23.1. The van der Waals surface area contributed by atoms with Crippen molar-refractivity contribution >= 4 is 14.8 Å². The van der Waals surface area contributed by atoms with Gasteiger partial charge in [0, 0.05) is 13.2 Å². The first kappa shape index (κ1) is 38.7. The highest BCUT2D eigenvalue weighted by atomic mass is 31.1. The predicted molar refractivity (Wildman–Crippen MR) is 189 cm³/mol. The molecule has 3 aromatic rings. The highest BCUT2D eigenvalue weighted by molar-refractivity contribution is 7.32. The van der Waals surface area contributed by atoms with Crippen molar-refractivity contribution in [3.8, 4) is 17.6 Å².